The Kier molecular flexibility index (Phi) is 6.43. The van der Waals surface area contributed by atoms with Crippen molar-refractivity contribution in [3.05, 3.63) is 0 Å². The Labute approximate surface area is 112 Å². The van der Waals surface area contributed by atoms with E-state index in [1.165, 1.54) is 6.92 Å². The van der Waals surface area contributed by atoms with Gasteiger partial charge in [-0.05, 0) is 0 Å². The van der Waals surface area contributed by atoms with E-state index in [0.29, 0.717) is 0 Å². The largest absolute Gasteiger partial charge is 0.480 e. The summed E-state index contributed by atoms with van der Waals surface area (Å²) in [5.74, 6) is -4.40. The summed E-state index contributed by atoms with van der Waals surface area (Å²) < 4.78 is 45.6. The first-order valence-corrected chi connectivity index (χ1v) is 9.04. The molecular weight excluding hydrogens is 298 g/mol. The zero-order valence-corrected chi connectivity index (χ0v) is 12.3. The second-order valence-corrected chi connectivity index (χ2v) is 8.64. The number of carboxylic acid groups (broad SMARTS) is 1. The Bertz CT molecular complexity index is 535. The summed E-state index contributed by atoms with van der Waals surface area (Å²) in [6.45, 7) is 2.45. The van der Waals surface area contributed by atoms with Crippen LogP contribution in [0.4, 0.5) is 0 Å². The minimum absolute atomic E-state index is 0.184. The molecule has 0 saturated heterocycles. The van der Waals surface area contributed by atoms with Gasteiger partial charge in [0, 0.05) is 12.7 Å². The maximum atomic E-state index is 11.6. The molecule has 0 heterocycles. The van der Waals surface area contributed by atoms with E-state index in [4.69, 9.17) is 5.11 Å². The van der Waals surface area contributed by atoms with Crippen LogP contribution in [0.3, 0.4) is 0 Å². The predicted molar refractivity (Wildman–Crippen MR) is 68.2 cm³/mol. The molecule has 112 valence electrons. The molecule has 0 saturated carbocycles. The first kappa shape index (κ1) is 17.8. The Morgan fingerprint density at radius 3 is 1.95 bits per heavy atom. The van der Waals surface area contributed by atoms with Crippen molar-refractivity contribution >= 4 is 31.6 Å². The molecule has 0 bridgehead atoms. The molecule has 0 radical (unpaired) electrons. The van der Waals surface area contributed by atoms with Crippen LogP contribution in [0.25, 0.3) is 0 Å². The molecule has 0 aromatic heterocycles. The number of carboxylic acids is 1. The molecule has 10 heteroatoms. The van der Waals surface area contributed by atoms with Crippen molar-refractivity contribution in [3.8, 4) is 0 Å². The lowest BCUT2D eigenvalue weighted by Crippen LogP contribution is -2.45. The molecule has 2 N–H and O–H groups in total. The molecule has 0 aliphatic heterocycles. The van der Waals surface area contributed by atoms with E-state index in [1.807, 2.05) is 5.32 Å². The van der Waals surface area contributed by atoms with Gasteiger partial charge in [-0.2, -0.15) is 0 Å². The van der Waals surface area contributed by atoms with Crippen LogP contribution in [0, 0.1) is 0 Å². The fourth-order valence-electron chi connectivity index (χ4n) is 1.16. The molecule has 1 atom stereocenters. The molecule has 0 unspecified atom stereocenters. The van der Waals surface area contributed by atoms with E-state index in [1.54, 1.807) is 0 Å². The average Bonchev–Trinajstić information content (AvgIpc) is 2.25. The molecule has 0 aromatic rings. The fourth-order valence-corrected chi connectivity index (χ4v) is 4.38. The lowest BCUT2D eigenvalue weighted by molar-refractivity contribution is -0.140. The van der Waals surface area contributed by atoms with Gasteiger partial charge in [0.1, 0.15) is 6.04 Å². The lowest BCUT2D eigenvalue weighted by Gasteiger charge is -2.13. The molecule has 0 aliphatic carbocycles. The molecule has 0 rings (SSSR count). The first-order chi connectivity index (χ1) is 8.49. The SMILES string of the molecule is CCS(=O)(=O)CCS(=O)(=O)C[C@H](NC(C)=O)C(=O)O. The molecule has 0 fully saturated rings. The van der Waals surface area contributed by atoms with Gasteiger partial charge in [-0.1, -0.05) is 6.92 Å². The van der Waals surface area contributed by atoms with E-state index < -0.39 is 54.9 Å². The molecule has 0 spiro atoms. The normalized spacial score (nSPS) is 13.8. The van der Waals surface area contributed by atoms with Crippen LogP contribution in [-0.4, -0.2) is 62.9 Å². The van der Waals surface area contributed by atoms with Crippen LogP contribution < -0.4 is 5.32 Å². The van der Waals surface area contributed by atoms with Crippen LogP contribution in [0.2, 0.25) is 0 Å². The van der Waals surface area contributed by atoms with E-state index in [2.05, 4.69) is 0 Å². The van der Waals surface area contributed by atoms with Crippen LogP contribution in [0.5, 0.6) is 0 Å². The minimum atomic E-state index is -3.89. The summed E-state index contributed by atoms with van der Waals surface area (Å²) >= 11 is 0. The summed E-state index contributed by atoms with van der Waals surface area (Å²) in [4.78, 5) is 21.5. The highest BCUT2D eigenvalue weighted by molar-refractivity contribution is 7.95. The third-order valence-corrected chi connectivity index (χ3v) is 5.87. The fraction of sp³-hybridized carbons (Fsp3) is 0.778. The third-order valence-electron chi connectivity index (χ3n) is 2.24. The summed E-state index contributed by atoms with van der Waals surface area (Å²) in [7, 11) is -7.34. The highest BCUT2D eigenvalue weighted by Crippen LogP contribution is 2.00. The van der Waals surface area contributed by atoms with Crippen molar-refractivity contribution in [2.45, 2.75) is 19.9 Å². The molecule has 19 heavy (non-hydrogen) atoms. The zero-order chi connectivity index (χ0) is 15.3. The summed E-state index contributed by atoms with van der Waals surface area (Å²) in [6.07, 6.45) is 0. The Balaban J connectivity index is 4.74. The second-order valence-electron chi connectivity index (χ2n) is 3.94. The maximum Gasteiger partial charge on any atom is 0.327 e. The quantitative estimate of drug-likeness (QED) is 0.552. The second kappa shape index (κ2) is 6.85. The van der Waals surface area contributed by atoms with E-state index in [0.717, 1.165) is 6.92 Å². The minimum Gasteiger partial charge on any atom is -0.480 e. The van der Waals surface area contributed by atoms with Crippen LogP contribution in [0.15, 0.2) is 0 Å². The Morgan fingerprint density at radius 1 is 1.11 bits per heavy atom. The van der Waals surface area contributed by atoms with Gasteiger partial charge in [-0.3, -0.25) is 4.79 Å². The Hall–Kier alpha value is -1.16. The molecule has 0 aliphatic rings. The van der Waals surface area contributed by atoms with Gasteiger partial charge in [0.2, 0.25) is 5.91 Å². The highest BCUT2D eigenvalue weighted by atomic mass is 32.2. The van der Waals surface area contributed by atoms with Crippen LogP contribution in [-0.2, 0) is 29.3 Å². The van der Waals surface area contributed by atoms with Gasteiger partial charge in [0.25, 0.3) is 0 Å². The van der Waals surface area contributed by atoms with Gasteiger partial charge >= 0.3 is 5.97 Å². The monoisotopic (exact) mass is 315 g/mol. The maximum absolute atomic E-state index is 11.6. The van der Waals surface area contributed by atoms with Crippen LogP contribution >= 0.6 is 0 Å². The predicted octanol–water partition coefficient (Wildman–Crippen LogP) is -1.57. The summed E-state index contributed by atoms with van der Waals surface area (Å²) in [6, 6.07) is -1.58. The Morgan fingerprint density at radius 2 is 1.58 bits per heavy atom. The molecular formula is C9H17NO7S2. The molecule has 0 aromatic carbocycles. The van der Waals surface area contributed by atoms with Crippen LogP contribution in [0.1, 0.15) is 13.8 Å². The number of amides is 1. The number of carbonyl (C=O) groups is 2. The number of carbonyl (C=O) groups excluding carboxylic acids is 1. The topological polar surface area (TPSA) is 135 Å². The first-order valence-electron chi connectivity index (χ1n) is 5.40. The number of aliphatic carboxylic acids is 1. The van der Waals surface area contributed by atoms with Crippen molar-refractivity contribution in [1.82, 2.24) is 5.32 Å². The van der Waals surface area contributed by atoms with Gasteiger partial charge < -0.3 is 10.4 Å². The van der Waals surface area contributed by atoms with Crippen molar-refractivity contribution in [2.75, 3.05) is 23.0 Å². The van der Waals surface area contributed by atoms with Gasteiger partial charge in [0.15, 0.2) is 19.7 Å². The number of hydrogen-bond donors (Lipinski definition) is 2. The van der Waals surface area contributed by atoms with Gasteiger partial charge in [-0.25, -0.2) is 21.6 Å². The van der Waals surface area contributed by atoms with Crippen molar-refractivity contribution in [2.24, 2.45) is 0 Å². The number of hydrogen-bond acceptors (Lipinski definition) is 6. The standard InChI is InChI=1S/C9H17NO7S2/c1-3-18(14,15)4-5-19(16,17)6-8(9(12)13)10-7(2)11/h8H,3-6H2,1-2H3,(H,10,11)(H,12,13)/t8-/m0/s1. The zero-order valence-electron chi connectivity index (χ0n) is 10.6. The van der Waals surface area contributed by atoms with Gasteiger partial charge in [-0.15, -0.1) is 0 Å². The highest BCUT2D eigenvalue weighted by Gasteiger charge is 2.27. The number of sulfone groups is 2. The number of nitrogens with one attached hydrogen (secondary N) is 1. The summed E-state index contributed by atoms with van der Waals surface area (Å²) in [5.41, 5.74) is 0. The van der Waals surface area contributed by atoms with Crippen molar-refractivity contribution < 1.29 is 31.5 Å². The van der Waals surface area contributed by atoms with Crippen molar-refractivity contribution in [1.29, 1.82) is 0 Å². The average molecular weight is 315 g/mol. The summed E-state index contributed by atoms with van der Waals surface area (Å²) in [5, 5.41) is 10.7. The lowest BCUT2D eigenvalue weighted by atomic mass is 10.3. The van der Waals surface area contributed by atoms with E-state index in [9.17, 15) is 26.4 Å². The molecule has 1 amide bonds. The third kappa shape index (κ3) is 7.78. The van der Waals surface area contributed by atoms with E-state index >= 15 is 0 Å². The smallest absolute Gasteiger partial charge is 0.327 e. The van der Waals surface area contributed by atoms with Crippen molar-refractivity contribution in [3.63, 3.8) is 0 Å². The van der Waals surface area contributed by atoms with E-state index in [-0.39, 0.29) is 5.75 Å². The molecule has 8 nitrogen and oxygen atoms in total. The van der Waals surface area contributed by atoms with Gasteiger partial charge in [0.05, 0.1) is 17.3 Å². The number of rotatable bonds is 8.